The third kappa shape index (κ3) is 7.33. The van der Waals surface area contributed by atoms with E-state index in [1.54, 1.807) is 12.1 Å². The molecule has 0 amide bonds. The summed E-state index contributed by atoms with van der Waals surface area (Å²) in [4.78, 5) is -0.0666. The number of nitrogens with zero attached hydrogens (tertiary/aromatic N) is 2. The molecule has 0 aliphatic heterocycles. The molecule has 0 aliphatic rings. The van der Waals surface area contributed by atoms with E-state index < -0.39 is 10.1 Å². The highest BCUT2D eigenvalue weighted by Gasteiger charge is 2.06. The molecule has 0 aliphatic carbocycles. The van der Waals surface area contributed by atoms with E-state index in [0.29, 0.717) is 5.56 Å². The summed E-state index contributed by atoms with van der Waals surface area (Å²) in [5, 5.41) is 25.1. The van der Waals surface area contributed by atoms with Crippen LogP contribution in [-0.4, -0.2) is 35.4 Å². The average molecular weight is 366 g/mol. The Labute approximate surface area is 144 Å². The van der Waals surface area contributed by atoms with Crippen molar-refractivity contribution in [3.63, 3.8) is 0 Å². The average Bonchev–Trinajstić information content (AvgIpc) is 2.49. The first-order valence-electron chi connectivity index (χ1n) is 6.77. The molecule has 134 valence electrons. The summed E-state index contributed by atoms with van der Waals surface area (Å²) < 4.78 is 29.6. The van der Waals surface area contributed by atoms with Crippen LogP contribution in [0.1, 0.15) is 11.1 Å². The molecule has 0 bridgehead atoms. The van der Waals surface area contributed by atoms with Crippen molar-refractivity contribution in [2.75, 3.05) is 0 Å². The number of benzene rings is 2. The number of aromatic hydroxyl groups is 2. The Bertz CT molecular complexity index is 873. The van der Waals surface area contributed by atoms with Crippen molar-refractivity contribution in [2.24, 2.45) is 21.7 Å². The largest absolute Gasteiger partial charge is 0.508 e. The lowest BCUT2D eigenvalue weighted by Gasteiger charge is -1.97. The van der Waals surface area contributed by atoms with E-state index >= 15 is 0 Å². The van der Waals surface area contributed by atoms with Gasteiger partial charge in [0.25, 0.3) is 10.1 Å². The third-order valence-electron chi connectivity index (χ3n) is 2.70. The van der Waals surface area contributed by atoms with Gasteiger partial charge in [0, 0.05) is 11.6 Å². The van der Waals surface area contributed by atoms with Gasteiger partial charge in [0.15, 0.2) is 0 Å². The van der Waals surface area contributed by atoms with Crippen LogP contribution in [0.5, 0.6) is 11.5 Å². The minimum absolute atomic E-state index is 0.0264. The van der Waals surface area contributed by atoms with Gasteiger partial charge in [0.05, 0.1) is 11.1 Å². The highest BCUT2D eigenvalue weighted by atomic mass is 32.2. The molecular weight excluding hydrogens is 348 g/mol. The van der Waals surface area contributed by atoms with Gasteiger partial charge in [-0.2, -0.15) is 13.5 Å². The molecule has 10 heteroatoms. The van der Waals surface area contributed by atoms with Gasteiger partial charge in [-0.15, -0.1) is 5.10 Å². The number of hydrogen-bond donors (Lipinski definition) is 5. The highest BCUT2D eigenvalue weighted by molar-refractivity contribution is 7.85. The van der Waals surface area contributed by atoms with E-state index in [9.17, 15) is 13.5 Å². The minimum atomic E-state index is -4.02. The zero-order chi connectivity index (χ0) is 19.0. The molecule has 0 fully saturated rings. The molecule has 25 heavy (non-hydrogen) atoms. The lowest BCUT2D eigenvalue weighted by molar-refractivity contribution is 0.450. The van der Waals surface area contributed by atoms with E-state index in [2.05, 4.69) is 10.2 Å². The van der Waals surface area contributed by atoms with Crippen LogP contribution in [0.15, 0.2) is 57.6 Å². The molecule has 0 aromatic heterocycles. The van der Waals surface area contributed by atoms with Crippen LogP contribution in [0.3, 0.4) is 0 Å². The third-order valence-corrected chi connectivity index (χ3v) is 3.57. The molecule has 0 unspecified atom stereocenters. The van der Waals surface area contributed by atoms with Crippen LogP contribution >= 0.6 is 0 Å². The smallest absolute Gasteiger partial charge is 0.294 e. The Hall–Kier alpha value is -3.11. The molecule has 0 spiro atoms. The summed E-state index contributed by atoms with van der Waals surface area (Å²) in [6.45, 7) is 1.84. The second-order valence-electron chi connectivity index (χ2n) is 4.80. The summed E-state index contributed by atoms with van der Waals surface area (Å²) in [5.74, 6) is -0.291. The van der Waals surface area contributed by atoms with Crippen molar-refractivity contribution in [1.82, 2.24) is 0 Å². The van der Waals surface area contributed by atoms with Crippen LogP contribution < -0.4 is 11.5 Å². The molecule has 2 aromatic carbocycles. The summed E-state index contributed by atoms with van der Waals surface area (Å²) in [6.07, 6.45) is 1.27. The van der Waals surface area contributed by atoms with Crippen molar-refractivity contribution in [3.05, 3.63) is 53.6 Å². The van der Waals surface area contributed by atoms with E-state index in [4.69, 9.17) is 21.1 Å². The van der Waals surface area contributed by atoms with E-state index in [1.165, 1.54) is 36.5 Å². The second kappa shape index (κ2) is 8.66. The maximum atomic E-state index is 10.5. The molecular formula is C15H18N4O5S. The van der Waals surface area contributed by atoms with Crippen molar-refractivity contribution >= 4 is 22.3 Å². The maximum absolute atomic E-state index is 10.5. The first-order valence-corrected chi connectivity index (χ1v) is 8.21. The van der Waals surface area contributed by atoms with Crippen LogP contribution in [0.25, 0.3) is 0 Å². The Morgan fingerprint density at radius 2 is 1.68 bits per heavy atom. The van der Waals surface area contributed by atoms with Gasteiger partial charge in [-0.1, -0.05) is 17.7 Å². The number of phenolic OH excluding ortho intramolecular Hbond substituents is 2. The quantitative estimate of drug-likeness (QED) is 0.233. The molecule has 2 aromatic rings. The molecule has 0 heterocycles. The lowest BCUT2D eigenvalue weighted by atomic mass is 10.2. The van der Waals surface area contributed by atoms with Gasteiger partial charge < -0.3 is 21.7 Å². The van der Waals surface area contributed by atoms with Crippen molar-refractivity contribution in [1.29, 1.82) is 0 Å². The summed E-state index contributed by atoms with van der Waals surface area (Å²) >= 11 is 0. The number of phenols is 2. The first kappa shape index (κ1) is 19.9. The van der Waals surface area contributed by atoms with Crippen molar-refractivity contribution in [3.8, 4) is 11.5 Å². The fourth-order valence-electron chi connectivity index (χ4n) is 1.51. The lowest BCUT2D eigenvalue weighted by Crippen LogP contribution is -2.21. The van der Waals surface area contributed by atoms with Gasteiger partial charge in [0.1, 0.15) is 11.5 Å². The molecule has 9 nitrogen and oxygen atoms in total. The second-order valence-corrected chi connectivity index (χ2v) is 6.22. The van der Waals surface area contributed by atoms with Gasteiger partial charge in [-0.25, -0.2) is 0 Å². The van der Waals surface area contributed by atoms with E-state index in [0.717, 1.165) is 5.56 Å². The van der Waals surface area contributed by atoms with Crippen LogP contribution in [0, 0.1) is 6.92 Å². The zero-order valence-corrected chi connectivity index (χ0v) is 14.1. The Balaban J connectivity index is 0.000000257. The molecule has 0 radical (unpaired) electrons. The zero-order valence-electron chi connectivity index (χ0n) is 13.2. The summed E-state index contributed by atoms with van der Waals surface area (Å²) in [6, 6.07) is 10.1. The van der Waals surface area contributed by atoms with Gasteiger partial charge >= 0.3 is 0 Å². The number of aryl methyl sites for hydroxylation is 1. The maximum Gasteiger partial charge on any atom is 0.294 e. The number of hydrogen-bond acceptors (Lipinski definition) is 6. The Kier molecular flexibility index (Phi) is 6.91. The van der Waals surface area contributed by atoms with Gasteiger partial charge in [-0.3, -0.25) is 4.55 Å². The first-order chi connectivity index (χ1) is 11.6. The number of rotatable bonds is 3. The van der Waals surface area contributed by atoms with Gasteiger partial charge in [-0.05, 0) is 31.2 Å². The van der Waals surface area contributed by atoms with Crippen LogP contribution in [0.4, 0.5) is 0 Å². The standard InChI is InChI=1S/C8H10N4O2.C7H8O3S/c9-8(10)12-11-4-5-1-2-6(13)3-7(5)14;1-6-2-4-7(5-3-6)11(8,9)10/h1-4,13-14H,(H4,9,10,12);2-5H,1H3,(H,8,9,10)/b11-4+;. The summed E-state index contributed by atoms with van der Waals surface area (Å²) in [5.41, 5.74) is 11.4. The predicted octanol–water partition coefficient (Wildman–Crippen LogP) is 0.947. The minimum Gasteiger partial charge on any atom is -0.508 e. The Morgan fingerprint density at radius 1 is 1.08 bits per heavy atom. The summed E-state index contributed by atoms with van der Waals surface area (Å²) in [7, 11) is -4.02. The normalized spacial score (nSPS) is 10.8. The number of nitrogens with two attached hydrogens (primary N) is 2. The van der Waals surface area contributed by atoms with Crippen LogP contribution in [0.2, 0.25) is 0 Å². The SMILES string of the molecule is Cc1ccc(S(=O)(=O)O)cc1.NC(N)=N/N=C/c1ccc(O)cc1O. The van der Waals surface area contributed by atoms with Crippen molar-refractivity contribution < 1.29 is 23.2 Å². The fourth-order valence-corrected chi connectivity index (χ4v) is 1.99. The van der Waals surface area contributed by atoms with Gasteiger partial charge in [0.2, 0.25) is 5.96 Å². The highest BCUT2D eigenvalue weighted by Crippen LogP contribution is 2.20. The predicted molar refractivity (Wildman–Crippen MR) is 94.2 cm³/mol. The van der Waals surface area contributed by atoms with E-state index in [-0.39, 0.29) is 22.4 Å². The topological polar surface area (TPSA) is 172 Å². The number of guanidine groups is 1. The fraction of sp³-hybridized carbons (Fsp3) is 0.0667. The monoisotopic (exact) mass is 366 g/mol. The molecule has 0 atom stereocenters. The molecule has 0 saturated carbocycles. The van der Waals surface area contributed by atoms with Crippen molar-refractivity contribution in [2.45, 2.75) is 11.8 Å². The Morgan fingerprint density at radius 3 is 2.16 bits per heavy atom. The molecule has 7 N–H and O–H groups in total. The van der Waals surface area contributed by atoms with Crippen LogP contribution in [-0.2, 0) is 10.1 Å². The molecule has 0 saturated heterocycles. The molecule has 2 rings (SSSR count). The van der Waals surface area contributed by atoms with E-state index in [1.807, 2.05) is 6.92 Å².